The summed E-state index contributed by atoms with van der Waals surface area (Å²) in [7, 11) is 0. The van der Waals surface area contributed by atoms with Crippen molar-refractivity contribution in [3.05, 3.63) is 35.9 Å². The highest BCUT2D eigenvalue weighted by Gasteiger charge is 2.41. The van der Waals surface area contributed by atoms with E-state index in [-0.39, 0.29) is 11.9 Å². The maximum absolute atomic E-state index is 12.5. The summed E-state index contributed by atoms with van der Waals surface area (Å²) < 4.78 is 0. The van der Waals surface area contributed by atoms with Gasteiger partial charge in [-0.1, -0.05) is 44.2 Å². The van der Waals surface area contributed by atoms with Gasteiger partial charge in [-0.2, -0.15) is 0 Å². The Morgan fingerprint density at radius 3 is 2.73 bits per heavy atom. The molecule has 0 aliphatic carbocycles. The molecule has 1 aromatic rings. The van der Waals surface area contributed by atoms with Crippen LogP contribution in [0.15, 0.2) is 30.3 Å². The molecule has 0 saturated carbocycles. The lowest BCUT2D eigenvalue weighted by molar-refractivity contribution is -0.156. The number of nitrogens with zero attached hydrogens (tertiary/aromatic N) is 1. The molecule has 0 aromatic heterocycles. The molecule has 4 nitrogen and oxygen atoms in total. The second-order valence-electron chi connectivity index (χ2n) is 6.55. The van der Waals surface area contributed by atoms with Gasteiger partial charge >= 0.3 is 0 Å². The van der Waals surface area contributed by atoms with Crippen LogP contribution in [0.4, 0.5) is 0 Å². The highest BCUT2D eigenvalue weighted by molar-refractivity contribution is 5.86. The minimum atomic E-state index is -1.23. The zero-order chi connectivity index (χ0) is 16.0. The number of aliphatic hydroxyl groups is 1. The molecular formula is C18H28N2O2. The summed E-state index contributed by atoms with van der Waals surface area (Å²) in [6, 6.07) is 10.6. The molecule has 1 heterocycles. The molecule has 2 N–H and O–H groups in total. The second kappa shape index (κ2) is 7.75. The lowest BCUT2D eigenvalue weighted by Crippen LogP contribution is -2.58. The van der Waals surface area contributed by atoms with E-state index >= 15 is 0 Å². The fourth-order valence-corrected chi connectivity index (χ4v) is 2.93. The number of carbonyl (C=O) groups excluding carboxylic acids is 1. The van der Waals surface area contributed by atoms with Crippen molar-refractivity contribution in [2.75, 3.05) is 19.6 Å². The molecule has 2 rings (SSSR count). The summed E-state index contributed by atoms with van der Waals surface area (Å²) in [4.78, 5) is 14.4. The third kappa shape index (κ3) is 4.55. The van der Waals surface area contributed by atoms with Gasteiger partial charge < -0.3 is 15.3 Å². The van der Waals surface area contributed by atoms with Crippen LogP contribution >= 0.6 is 0 Å². The number of hydrogen-bond donors (Lipinski definition) is 2. The predicted molar refractivity (Wildman–Crippen MR) is 88.7 cm³/mol. The number of aryl methyl sites for hydroxylation is 1. The van der Waals surface area contributed by atoms with Gasteiger partial charge in [0, 0.05) is 25.7 Å². The molecule has 0 spiro atoms. The number of rotatable bonds is 7. The van der Waals surface area contributed by atoms with E-state index in [9.17, 15) is 9.90 Å². The maximum Gasteiger partial charge on any atom is 0.255 e. The SMILES string of the molecule is CC(C)NC[C@@]1(O)CCCN(CCCc2ccccc2)C1=O. The monoisotopic (exact) mass is 304 g/mol. The van der Waals surface area contributed by atoms with E-state index in [0.29, 0.717) is 13.0 Å². The fourth-order valence-electron chi connectivity index (χ4n) is 2.93. The number of piperidine rings is 1. The van der Waals surface area contributed by atoms with Gasteiger partial charge in [-0.3, -0.25) is 4.79 Å². The van der Waals surface area contributed by atoms with Gasteiger partial charge in [0.05, 0.1) is 0 Å². The molecule has 0 radical (unpaired) electrons. The minimum Gasteiger partial charge on any atom is -0.379 e. The van der Waals surface area contributed by atoms with Crippen LogP contribution in [-0.4, -0.2) is 47.2 Å². The third-order valence-electron chi connectivity index (χ3n) is 4.24. The fraction of sp³-hybridized carbons (Fsp3) is 0.611. The molecule has 1 saturated heterocycles. The predicted octanol–water partition coefficient (Wildman–Crippen LogP) is 1.97. The number of likely N-dealkylation sites (tertiary alicyclic amines) is 1. The molecule has 1 aliphatic heterocycles. The molecular weight excluding hydrogens is 276 g/mol. The molecule has 1 atom stereocenters. The van der Waals surface area contributed by atoms with Crippen LogP contribution in [0.5, 0.6) is 0 Å². The zero-order valence-corrected chi connectivity index (χ0v) is 13.7. The Morgan fingerprint density at radius 2 is 2.05 bits per heavy atom. The molecule has 0 bridgehead atoms. The van der Waals surface area contributed by atoms with Crippen molar-refractivity contribution < 1.29 is 9.90 Å². The quantitative estimate of drug-likeness (QED) is 0.810. The van der Waals surface area contributed by atoms with Crippen LogP contribution < -0.4 is 5.32 Å². The number of benzene rings is 1. The van der Waals surface area contributed by atoms with Crippen molar-refractivity contribution in [2.45, 2.75) is 51.2 Å². The van der Waals surface area contributed by atoms with Crippen LogP contribution in [0.1, 0.15) is 38.7 Å². The Labute approximate surface area is 133 Å². The Balaban J connectivity index is 1.84. The van der Waals surface area contributed by atoms with Gasteiger partial charge in [-0.25, -0.2) is 0 Å². The van der Waals surface area contributed by atoms with Crippen molar-refractivity contribution in [3.63, 3.8) is 0 Å². The molecule has 22 heavy (non-hydrogen) atoms. The van der Waals surface area contributed by atoms with Crippen LogP contribution in [0, 0.1) is 0 Å². The van der Waals surface area contributed by atoms with Crippen LogP contribution in [0.3, 0.4) is 0 Å². The first-order valence-electron chi connectivity index (χ1n) is 8.30. The summed E-state index contributed by atoms with van der Waals surface area (Å²) in [6.07, 6.45) is 3.32. The van der Waals surface area contributed by atoms with Gasteiger partial charge in [0.1, 0.15) is 0 Å². The van der Waals surface area contributed by atoms with Crippen molar-refractivity contribution in [2.24, 2.45) is 0 Å². The summed E-state index contributed by atoms with van der Waals surface area (Å²) in [5.74, 6) is -0.111. The number of nitrogens with one attached hydrogen (secondary N) is 1. The van der Waals surface area contributed by atoms with Crippen molar-refractivity contribution in [3.8, 4) is 0 Å². The first-order valence-corrected chi connectivity index (χ1v) is 8.30. The zero-order valence-electron chi connectivity index (χ0n) is 13.7. The first-order chi connectivity index (χ1) is 10.5. The van der Waals surface area contributed by atoms with Gasteiger partial charge in [0.15, 0.2) is 5.60 Å². The average Bonchev–Trinajstić information content (AvgIpc) is 2.51. The van der Waals surface area contributed by atoms with Gasteiger partial charge in [-0.15, -0.1) is 0 Å². The molecule has 1 fully saturated rings. The standard InChI is InChI=1S/C18H28N2O2/c1-15(2)19-14-18(22)11-7-13-20(17(18)21)12-6-10-16-8-4-3-5-9-16/h3-5,8-9,15,19,22H,6-7,10-14H2,1-2H3/t18-/m0/s1. The first kappa shape index (κ1) is 17.0. The number of amides is 1. The molecule has 122 valence electrons. The van der Waals surface area contributed by atoms with E-state index in [1.54, 1.807) is 0 Å². The van der Waals surface area contributed by atoms with Crippen molar-refractivity contribution >= 4 is 5.91 Å². The topological polar surface area (TPSA) is 52.6 Å². The Morgan fingerprint density at radius 1 is 1.32 bits per heavy atom. The highest BCUT2D eigenvalue weighted by atomic mass is 16.3. The number of hydrogen-bond acceptors (Lipinski definition) is 3. The summed E-state index contributed by atoms with van der Waals surface area (Å²) >= 11 is 0. The van der Waals surface area contributed by atoms with E-state index in [2.05, 4.69) is 17.4 Å². The van der Waals surface area contributed by atoms with Crippen molar-refractivity contribution in [1.82, 2.24) is 10.2 Å². The van der Waals surface area contributed by atoms with Gasteiger partial charge in [0.2, 0.25) is 0 Å². The van der Waals surface area contributed by atoms with Gasteiger partial charge in [-0.05, 0) is 31.2 Å². The third-order valence-corrected chi connectivity index (χ3v) is 4.24. The molecule has 0 unspecified atom stereocenters. The normalized spacial score (nSPS) is 22.4. The minimum absolute atomic E-state index is 0.111. The van der Waals surface area contributed by atoms with E-state index in [4.69, 9.17) is 0 Å². The lowest BCUT2D eigenvalue weighted by atomic mass is 9.91. The van der Waals surface area contributed by atoms with Gasteiger partial charge in [0.25, 0.3) is 5.91 Å². The van der Waals surface area contributed by atoms with E-state index in [0.717, 1.165) is 32.4 Å². The Bertz CT molecular complexity index is 475. The maximum atomic E-state index is 12.5. The Kier molecular flexibility index (Phi) is 5.98. The molecule has 4 heteroatoms. The molecule has 1 amide bonds. The highest BCUT2D eigenvalue weighted by Crippen LogP contribution is 2.22. The lowest BCUT2D eigenvalue weighted by Gasteiger charge is -2.38. The summed E-state index contributed by atoms with van der Waals surface area (Å²) in [5.41, 5.74) is 0.0682. The smallest absolute Gasteiger partial charge is 0.255 e. The van der Waals surface area contributed by atoms with E-state index in [1.165, 1.54) is 5.56 Å². The van der Waals surface area contributed by atoms with Crippen LogP contribution in [0.25, 0.3) is 0 Å². The van der Waals surface area contributed by atoms with Crippen molar-refractivity contribution in [1.29, 1.82) is 0 Å². The van der Waals surface area contributed by atoms with E-state index < -0.39 is 5.60 Å². The summed E-state index contributed by atoms with van der Waals surface area (Å²) in [5, 5.41) is 13.8. The largest absolute Gasteiger partial charge is 0.379 e. The average molecular weight is 304 g/mol. The Hall–Kier alpha value is -1.39. The summed E-state index contributed by atoms with van der Waals surface area (Å²) in [6.45, 7) is 5.87. The molecule has 1 aromatic carbocycles. The van der Waals surface area contributed by atoms with Crippen LogP contribution in [0.2, 0.25) is 0 Å². The number of carbonyl (C=O) groups is 1. The molecule has 1 aliphatic rings. The second-order valence-corrected chi connectivity index (χ2v) is 6.55. The van der Waals surface area contributed by atoms with Crippen LogP contribution in [-0.2, 0) is 11.2 Å². The van der Waals surface area contributed by atoms with E-state index in [1.807, 2.05) is 36.9 Å².